The number of nitrogens with one attached hydrogen (secondary N) is 2. The van der Waals surface area contributed by atoms with E-state index in [1.807, 2.05) is 11.8 Å². The number of nitrogens with two attached hydrogens (primary N) is 1. The molecule has 0 saturated carbocycles. The topological polar surface area (TPSA) is 87.5 Å². The van der Waals surface area contributed by atoms with Crippen LogP contribution in [0.2, 0.25) is 0 Å². The van der Waals surface area contributed by atoms with Crippen LogP contribution in [0.1, 0.15) is 0 Å². The molecule has 1 aromatic carbocycles. The minimum absolute atomic E-state index is 0.177. The fourth-order valence-electron chi connectivity index (χ4n) is 2.06. The first-order chi connectivity index (χ1) is 9.63. The number of nitrogens with zero attached hydrogens (tertiary/aromatic N) is 1. The first-order valence-corrected chi connectivity index (χ1v) is 9.13. The van der Waals surface area contributed by atoms with Gasteiger partial charge in [-0.1, -0.05) is 12.1 Å². The summed E-state index contributed by atoms with van der Waals surface area (Å²) in [7, 11) is -3.53. The molecule has 1 saturated heterocycles. The van der Waals surface area contributed by atoms with Crippen molar-refractivity contribution in [1.82, 2.24) is 9.62 Å². The summed E-state index contributed by atoms with van der Waals surface area (Å²) >= 11 is 1.94. The number of thioether (sulfide) groups is 1. The molecule has 1 aromatic rings. The zero-order valence-electron chi connectivity index (χ0n) is 11.2. The average molecular weight is 316 g/mol. The summed E-state index contributed by atoms with van der Waals surface area (Å²) in [4.78, 5) is 2.45. The van der Waals surface area contributed by atoms with Gasteiger partial charge in [0.05, 0.1) is 5.69 Å². The molecule has 1 aliphatic rings. The number of benzene rings is 1. The Morgan fingerprint density at radius 2 is 1.95 bits per heavy atom. The van der Waals surface area contributed by atoms with Crippen molar-refractivity contribution in [2.45, 2.75) is 4.90 Å². The van der Waals surface area contributed by atoms with Gasteiger partial charge in [0, 0.05) is 37.7 Å². The van der Waals surface area contributed by atoms with Crippen molar-refractivity contribution in [1.29, 1.82) is 0 Å². The lowest BCUT2D eigenvalue weighted by Crippen LogP contribution is -2.39. The molecule has 6 nitrogen and oxygen atoms in total. The number of hydrogen-bond acceptors (Lipinski definition) is 6. The SMILES string of the molecule is NNc1ccccc1S(=O)(=O)NCCN1CCSCC1. The third-order valence-corrected chi connectivity index (χ3v) is 5.62. The van der Waals surface area contributed by atoms with Gasteiger partial charge < -0.3 is 10.3 Å². The maximum absolute atomic E-state index is 12.2. The molecule has 0 atom stereocenters. The van der Waals surface area contributed by atoms with E-state index in [4.69, 9.17) is 5.84 Å². The molecular weight excluding hydrogens is 296 g/mol. The molecule has 4 N–H and O–H groups in total. The van der Waals surface area contributed by atoms with Crippen molar-refractivity contribution in [2.75, 3.05) is 43.1 Å². The van der Waals surface area contributed by atoms with E-state index in [0.29, 0.717) is 12.2 Å². The van der Waals surface area contributed by atoms with Crippen LogP contribution in [0.3, 0.4) is 0 Å². The van der Waals surface area contributed by atoms with Gasteiger partial charge in [-0.05, 0) is 12.1 Å². The molecule has 8 heteroatoms. The Hall–Kier alpha value is -0.800. The zero-order valence-corrected chi connectivity index (χ0v) is 12.8. The summed E-state index contributed by atoms with van der Waals surface area (Å²) in [6.07, 6.45) is 0. The van der Waals surface area contributed by atoms with Gasteiger partial charge in [-0.3, -0.25) is 5.84 Å². The second kappa shape index (κ2) is 7.28. The summed E-state index contributed by atoms with van der Waals surface area (Å²) in [5.41, 5.74) is 2.81. The Bertz CT molecular complexity index is 530. The Balaban J connectivity index is 1.93. The van der Waals surface area contributed by atoms with E-state index in [0.717, 1.165) is 31.1 Å². The number of nitrogen functional groups attached to an aromatic ring is 1. The highest BCUT2D eigenvalue weighted by Gasteiger charge is 2.18. The predicted molar refractivity (Wildman–Crippen MR) is 83.2 cm³/mol. The zero-order chi connectivity index (χ0) is 14.4. The van der Waals surface area contributed by atoms with Gasteiger partial charge in [-0.2, -0.15) is 11.8 Å². The van der Waals surface area contributed by atoms with Crippen LogP contribution in [0.5, 0.6) is 0 Å². The molecule has 0 amide bonds. The largest absolute Gasteiger partial charge is 0.323 e. The Labute approximate surface area is 124 Å². The molecule has 1 aliphatic heterocycles. The smallest absolute Gasteiger partial charge is 0.242 e. The molecule has 1 heterocycles. The third-order valence-electron chi connectivity index (χ3n) is 3.16. The van der Waals surface area contributed by atoms with Gasteiger partial charge in [-0.25, -0.2) is 13.1 Å². The lowest BCUT2D eigenvalue weighted by Gasteiger charge is -2.26. The molecule has 0 bridgehead atoms. The van der Waals surface area contributed by atoms with Gasteiger partial charge in [0.15, 0.2) is 0 Å². The van der Waals surface area contributed by atoms with Gasteiger partial charge in [0.25, 0.3) is 0 Å². The highest BCUT2D eigenvalue weighted by molar-refractivity contribution is 7.99. The number of rotatable bonds is 6. The summed E-state index contributed by atoms with van der Waals surface area (Å²) < 4.78 is 27.1. The molecule has 1 fully saturated rings. The van der Waals surface area contributed by atoms with Crippen LogP contribution in [-0.4, -0.2) is 51.0 Å². The molecular formula is C12H20N4O2S2. The molecule has 2 rings (SSSR count). The van der Waals surface area contributed by atoms with Gasteiger partial charge in [-0.15, -0.1) is 0 Å². The van der Waals surface area contributed by atoms with E-state index in [-0.39, 0.29) is 4.90 Å². The van der Waals surface area contributed by atoms with E-state index in [1.165, 1.54) is 6.07 Å². The highest BCUT2D eigenvalue weighted by Crippen LogP contribution is 2.19. The number of sulfonamides is 1. The second-order valence-corrected chi connectivity index (χ2v) is 7.45. The number of anilines is 1. The molecule has 0 unspecified atom stereocenters. The van der Waals surface area contributed by atoms with Crippen LogP contribution in [0.4, 0.5) is 5.69 Å². The number of hydrogen-bond donors (Lipinski definition) is 3. The van der Waals surface area contributed by atoms with E-state index in [2.05, 4.69) is 15.0 Å². The van der Waals surface area contributed by atoms with Crippen molar-refractivity contribution in [3.05, 3.63) is 24.3 Å². The normalized spacial score (nSPS) is 17.1. The van der Waals surface area contributed by atoms with E-state index in [1.54, 1.807) is 18.2 Å². The first kappa shape index (κ1) is 15.6. The summed E-state index contributed by atoms with van der Waals surface area (Å²) in [5.74, 6) is 7.58. The van der Waals surface area contributed by atoms with Gasteiger partial charge in [0.1, 0.15) is 4.90 Å². The fourth-order valence-corrected chi connectivity index (χ4v) is 4.23. The standard InChI is InChI=1S/C12H20N4O2S2/c13-15-11-3-1-2-4-12(11)20(17,18)14-5-6-16-7-9-19-10-8-16/h1-4,14-15H,5-10,13H2. The van der Waals surface area contributed by atoms with E-state index >= 15 is 0 Å². The van der Waals surface area contributed by atoms with Crippen molar-refractivity contribution >= 4 is 27.5 Å². The van der Waals surface area contributed by atoms with Gasteiger partial charge in [0.2, 0.25) is 10.0 Å². The van der Waals surface area contributed by atoms with E-state index in [9.17, 15) is 8.42 Å². The summed E-state index contributed by atoms with van der Waals surface area (Å²) in [5, 5.41) is 0. The van der Waals surface area contributed by atoms with Crippen LogP contribution in [-0.2, 0) is 10.0 Å². The quantitative estimate of drug-likeness (QED) is 0.517. The van der Waals surface area contributed by atoms with Crippen LogP contribution in [0, 0.1) is 0 Å². The monoisotopic (exact) mass is 316 g/mol. The van der Waals surface area contributed by atoms with Crippen LogP contribution < -0.4 is 16.0 Å². The Morgan fingerprint density at radius 1 is 1.25 bits per heavy atom. The second-order valence-electron chi connectivity index (χ2n) is 4.49. The molecule has 112 valence electrons. The fraction of sp³-hybridized carbons (Fsp3) is 0.500. The van der Waals surface area contributed by atoms with Crippen molar-refractivity contribution in [3.63, 3.8) is 0 Å². The predicted octanol–water partition coefficient (Wildman–Crippen LogP) is 0.299. The van der Waals surface area contributed by atoms with Crippen LogP contribution in [0.15, 0.2) is 29.2 Å². The summed E-state index contributed by atoms with van der Waals surface area (Å²) in [6, 6.07) is 6.59. The Morgan fingerprint density at radius 3 is 2.65 bits per heavy atom. The molecule has 0 spiro atoms. The highest BCUT2D eigenvalue weighted by atomic mass is 32.2. The maximum atomic E-state index is 12.2. The van der Waals surface area contributed by atoms with E-state index < -0.39 is 10.0 Å². The lowest BCUT2D eigenvalue weighted by molar-refractivity contribution is 0.307. The molecule has 0 aromatic heterocycles. The maximum Gasteiger partial charge on any atom is 0.242 e. The van der Waals surface area contributed by atoms with Crippen LogP contribution >= 0.6 is 11.8 Å². The minimum Gasteiger partial charge on any atom is -0.323 e. The minimum atomic E-state index is -3.53. The summed E-state index contributed by atoms with van der Waals surface area (Å²) in [6.45, 7) is 3.19. The molecule has 0 radical (unpaired) electrons. The third kappa shape index (κ3) is 4.10. The number of para-hydroxylation sites is 1. The van der Waals surface area contributed by atoms with Crippen molar-refractivity contribution in [2.24, 2.45) is 5.84 Å². The van der Waals surface area contributed by atoms with Gasteiger partial charge >= 0.3 is 0 Å². The molecule has 0 aliphatic carbocycles. The molecule has 20 heavy (non-hydrogen) atoms. The Kier molecular flexibility index (Phi) is 5.67. The number of hydrazine groups is 1. The van der Waals surface area contributed by atoms with Crippen LogP contribution in [0.25, 0.3) is 0 Å². The van der Waals surface area contributed by atoms with Crippen molar-refractivity contribution in [3.8, 4) is 0 Å². The van der Waals surface area contributed by atoms with Crippen molar-refractivity contribution < 1.29 is 8.42 Å². The lowest BCUT2D eigenvalue weighted by atomic mass is 10.3. The first-order valence-electron chi connectivity index (χ1n) is 6.49. The average Bonchev–Trinajstić information content (AvgIpc) is 2.48.